The van der Waals surface area contributed by atoms with Gasteiger partial charge in [0.05, 0.1) is 12.5 Å². The third-order valence-electron chi connectivity index (χ3n) is 5.58. The number of hydrogen-bond acceptors (Lipinski definition) is 2. The number of H-pyrrole nitrogens is 1. The molecule has 2 atom stereocenters. The maximum absolute atomic E-state index is 12.7. The number of rotatable bonds is 5. The highest BCUT2D eigenvalue weighted by atomic mass is 16.1. The maximum atomic E-state index is 12.7. The molecule has 0 saturated heterocycles. The van der Waals surface area contributed by atoms with E-state index in [9.17, 15) is 4.79 Å². The van der Waals surface area contributed by atoms with Crippen molar-refractivity contribution in [2.75, 3.05) is 19.6 Å². The molecule has 4 rings (SSSR count). The van der Waals surface area contributed by atoms with Gasteiger partial charge in [-0.05, 0) is 35.6 Å². The molecule has 4 heteroatoms. The van der Waals surface area contributed by atoms with Crippen LogP contribution in [0.5, 0.6) is 0 Å². The average Bonchev–Trinajstić information content (AvgIpc) is 3.07. The van der Waals surface area contributed by atoms with Gasteiger partial charge < -0.3 is 10.3 Å². The molecule has 2 unspecified atom stereocenters. The van der Waals surface area contributed by atoms with Crippen LogP contribution in [-0.4, -0.2) is 41.5 Å². The first-order chi connectivity index (χ1) is 12.7. The molecular weight excluding hydrogens is 322 g/mol. The van der Waals surface area contributed by atoms with Gasteiger partial charge in [0.2, 0.25) is 5.91 Å². The zero-order valence-corrected chi connectivity index (χ0v) is 15.2. The van der Waals surface area contributed by atoms with Crippen LogP contribution in [0.25, 0.3) is 16.5 Å². The Morgan fingerprint density at radius 2 is 2.35 bits per heavy atom. The molecule has 1 aromatic heterocycles. The SMILES string of the molecule is C#CCN1CC(C(=O)NCCCC)C=C2c3cccc4[nH]cc(c34)CC21. The molecule has 2 heterocycles. The van der Waals surface area contributed by atoms with Gasteiger partial charge in [0.1, 0.15) is 0 Å². The Kier molecular flexibility index (Phi) is 4.57. The third-order valence-corrected chi connectivity index (χ3v) is 5.58. The van der Waals surface area contributed by atoms with E-state index in [1.165, 1.54) is 22.1 Å². The number of terminal acetylenes is 1. The molecule has 0 fully saturated rings. The lowest BCUT2D eigenvalue weighted by Gasteiger charge is -2.40. The van der Waals surface area contributed by atoms with Crippen molar-refractivity contribution in [1.82, 2.24) is 15.2 Å². The first kappa shape index (κ1) is 16.9. The molecule has 0 saturated carbocycles. The summed E-state index contributed by atoms with van der Waals surface area (Å²) in [6.07, 6.45) is 13.0. The van der Waals surface area contributed by atoms with Gasteiger partial charge in [0.25, 0.3) is 0 Å². The lowest BCUT2D eigenvalue weighted by Crippen LogP contribution is -2.48. The van der Waals surface area contributed by atoms with Crippen molar-refractivity contribution in [2.24, 2.45) is 5.92 Å². The van der Waals surface area contributed by atoms with Crippen molar-refractivity contribution in [3.05, 3.63) is 41.6 Å². The quantitative estimate of drug-likeness (QED) is 0.645. The lowest BCUT2D eigenvalue weighted by molar-refractivity contribution is -0.124. The topological polar surface area (TPSA) is 48.1 Å². The number of carbonyl (C=O) groups excluding carboxylic acids is 1. The first-order valence-corrected chi connectivity index (χ1v) is 9.49. The van der Waals surface area contributed by atoms with E-state index in [4.69, 9.17) is 6.42 Å². The number of aromatic nitrogens is 1. The minimum Gasteiger partial charge on any atom is -0.361 e. The number of nitrogens with one attached hydrogen (secondary N) is 2. The summed E-state index contributed by atoms with van der Waals surface area (Å²) < 4.78 is 0. The number of fused-ring (bicyclic) bond motifs is 2. The predicted octanol–water partition coefficient (Wildman–Crippen LogP) is 2.96. The molecule has 2 N–H and O–H groups in total. The lowest BCUT2D eigenvalue weighted by atomic mass is 9.79. The number of benzene rings is 1. The van der Waals surface area contributed by atoms with Gasteiger partial charge in [-0.15, -0.1) is 6.42 Å². The maximum Gasteiger partial charge on any atom is 0.228 e. The largest absolute Gasteiger partial charge is 0.361 e. The van der Waals surface area contributed by atoms with Crippen LogP contribution in [0, 0.1) is 18.3 Å². The fraction of sp³-hybridized carbons (Fsp3) is 0.409. The Morgan fingerprint density at radius 1 is 1.46 bits per heavy atom. The molecule has 0 spiro atoms. The van der Waals surface area contributed by atoms with E-state index in [2.05, 4.69) is 58.5 Å². The summed E-state index contributed by atoms with van der Waals surface area (Å²) in [7, 11) is 0. The van der Waals surface area contributed by atoms with E-state index in [1.807, 2.05) is 0 Å². The van der Waals surface area contributed by atoms with Crippen LogP contribution in [0.3, 0.4) is 0 Å². The van der Waals surface area contributed by atoms with Crippen LogP contribution in [0.2, 0.25) is 0 Å². The highest BCUT2D eigenvalue weighted by Gasteiger charge is 2.36. The number of unbranched alkanes of at least 4 members (excludes halogenated alkanes) is 1. The summed E-state index contributed by atoms with van der Waals surface area (Å²) in [5.74, 6) is 2.74. The number of carbonyl (C=O) groups is 1. The van der Waals surface area contributed by atoms with E-state index < -0.39 is 0 Å². The smallest absolute Gasteiger partial charge is 0.228 e. The molecule has 2 aliphatic rings. The standard InChI is InChI=1S/C22H25N3O/c1-3-5-9-23-22(26)16-11-18-17-7-6-8-19-21(17)15(13-24-19)12-20(18)25(14-16)10-4-2/h2,6-8,11,13,16,20,24H,3,5,9-10,12,14H2,1H3,(H,23,26). The molecule has 1 amide bonds. The second-order valence-electron chi connectivity index (χ2n) is 7.27. The Balaban J connectivity index is 1.72. The summed E-state index contributed by atoms with van der Waals surface area (Å²) in [5.41, 5.74) is 4.99. The highest BCUT2D eigenvalue weighted by molar-refractivity contribution is 5.99. The van der Waals surface area contributed by atoms with Crippen LogP contribution in [0.1, 0.15) is 30.9 Å². The van der Waals surface area contributed by atoms with Crippen LogP contribution in [0.15, 0.2) is 30.5 Å². The minimum atomic E-state index is -0.151. The van der Waals surface area contributed by atoms with E-state index in [0.29, 0.717) is 13.1 Å². The van der Waals surface area contributed by atoms with E-state index in [1.54, 1.807) is 0 Å². The Morgan fingerprint density at radius 3 is 3.15 bits per heavy atom. The molecule has 26 heavy (non-hydrogen) atoms. The predicted molar refractivity (Wildman–Crippen MR) is 106 cm³/mol. The fourth-order valence-electron chi connectivity index (χ4n) is 4.30. The summed E-state index contributed by atoms with van der Waals surface area (Å²) in [4.78, 5) is 18.4. The van der Waals surface area contributed by atoms with E-state index >= 15 is 0 Å². The monoisotopic (exact) mass is 347 g/mol. The molecule has 134 valence electrons. The molecule has 0 bridgehead atoms. The molecule has 4 nitrogen and oxygen atoms in total. The molecule has 1 aliphatic heterocycles. The van der Waals surface area contributed by atoms with Crippen molar-refractivity contribution in [2.45, 2.75) is 32.2 Å². The van der Waals surface area contributed by atoms with Crippen LogP contribution < -0.4 is 5.32 Å². The van der Waals surface area contributed by atoms with E-state index in [-0.39, 0.29) is 17.9 Å². The molecular formula is C22H25N3O. The molecule has 1 aromatic carbocycles. The fourth-order valence-corrected chi connectivity index (χ4v) is 4.30. The molecule has 1 aliphatic carbocycles. The third kappa shape index (κ3) is 2.83. The molecule has 0 radical (unpaired) electrons. The van der Waals surface area contributed by atoms with Gasteiger partial charge in [-0.1, -0.05) is 37.5 Å². The van der Waals surface area contributed by atoms with Crippen LogP contribution >= 0.6 is 0 Å². The van der Waals surface area contributed by atoms with Crippen molar-refractivity contribution >= 4 is 22.4 Å². The van der Waals surface area contributed by atoms with Gasteiger partial charge in [-0.3, -0.25) is 9.69 Å². The molecule has 2 aromatic rings. The Hall–Kier alpha value is -2.51. The Labute approximate surface area is 154 Å². The number of amides is 1. The van der Waals surface area contributed by atoms with Gasteiger partial charge in [0, 0.05) is 36.2 Å². The van der Waals surface area contributed by atoms with Crippen molar-refractivity contribution < 1.29 is 4.79 Å². The zero-order valence-electron chi connectivity index (χ0n) is 15.2. The summed E-state index contributed by atoms with van der Waals surface area (Å²) in [6.45, 7) is 4.12. The normalized spacial score (nSPS) is 21.8. The summed E-state index contributed by atoms with van der Waals surface area (Å²) in [6, 6.07) is 6.61. The number of aromatic amines is 1. The Bertz CT molecular complexity index is 902. The van der Waals surface area contributed by atoms with Crippen molar-refractivity contribution in [3.63, 3.8) is 0 Å². The summed E-state index contributed by atoms with van der Waals surface area (Å²) in [5, 5.41) is 4.38. The van der Waals surface area contributed by atoms with Crippen LogP contribution in [-0.2, 0) is 11.2 Å². The van der Waals surface area contributed by atoms with Gasteiger partial charge >= 0.3 is 0 Å². The van der Waals surface area contributed by atoms with E-state index in [0.717, 1.165) is 31.3 Å². The number of hydrogen-bond donors (Lipinski definition) is 2. The van der Waals surface area contributed by atoms with Gasteiger partial charge in [-0.2, -0.15) is 0 Å². The second-order valence-corrected chi connectivity index (χ2v) is 7.27. The van der Waals surface area contributed by atoms with Gasteiger partial charge in [0.15, 0.2) is 0 Å². The van der Waals surface area contributed by atoms with Gasteiger partial charge in [-0.25, -0.2) is 0 Å². The zero-order chi connectivity index (χ0) is 18.1. The highest BCUT2D eigenvalue weighted by Crippen LogP contribution is 2.41. The average molecular weight is 347 g/mol. The van der Waals surface area contributed by atoms with Crippen molar-refractivity contribution in [3.8, 4) is 12.3 Å². The second kappa shape index (κ2) is 7.01. The first-order valence-electron chi connectivity index (χ1n) is 9.49. The van der Waals surface area contributed by atoms with Crippen molar-refractivity contribution in [1.29, 1.82) is 0 Å². The summed E-state index contributed by atoms with van der Waals surface area (Å²) >= 11 is 0. The number of nitrogens with zero attached hydrogens (tertiary/aromatic N) is 1. The van der Waals surface area contributed by atoms with Crippen LogP contribution in [0.4, 0.5) is 0 Å². The minimum absolute atomic E-state index is 0.110.